The molecule has 37 heavy (non-hydrogen) atoms. The highest BCUT2D eigenvalue weighted by Gasteiger charge is 2.30. The Morgan fingerprint density at radius 3 is 2.51 bits per heavy atom. The van der Waals surface area contributed by atoms with Crippen molar-refractivity contribution in [2.24, 2.45) is 10.9 Å². The Morgan fingerprint density at radius 1 is 1.03 bits per heavy atom. The predicted octanol–water partition coefficient (Wildman–Crippen LogP) is 5.53. The monoisotopic (exact) mass is 561 g/mol. The molecule has 5 rings (SSSR count). The van der Waals surface area contributed by atoms with Crippen molar-refractivity contribution in [2.75, 3.05) is 27.7 Å². The van der Waals surface area contributed by atoms with Gasteiger partial charge in [0, 0.05) is 50.4 Å². The van der Waals surface area contributed by atoms with E-state index >= 15 is 0 Å². The second kappa shape index (κ2) is 9.50. The molecule has 0 aliphatic rings. The topological polar surface area (TPSA) is 99.9 Å². The van der Waals surface area contributed by atoms with Crippen LogP contribution in [0.25, 0.3) is 32.7 Å². The van der Waals surface area contributed by atoms with Gasteiger partial charge < -0.3 is 24.5 Å². The van der Waals surface area contributed by atoms with Crippen LogP contribution < -0.4 is 10.5 Å². The summed E-state index contributed by atoms with van der Waals surface area (Å²) in [7, 11) is 6.39. The van der Waals surface area contributed by atoms with E-state index < -0.39 is 0 Å². The minimum atomic E-state index is -0.286. The number of H-pyrrole nitrogens is 3. The number of fused-ring (bicyclic) bond motifs is 1. The minimum Gasteiger partial charge on any atom is -0.862 e. The largest absolute Gasteiger partial charge is 0.862 e. The van der Waals surface area contributed by atoms with Crippen molar-refractivity contribution in [3.8, 4) is 0 Å². The molecule has 5 aromatic rings. The molecule has 0 fully saturated rings. The summed E-state index contributed by atoms with van der Waals surface area (Å²) in [5, 5.41) is 15.7. The molecule has 3 aromatic heterocycles. The molecule has 0 spiro atoms. The lowest BCUT2D eigenvalue weighted by Crippen LogP contribution is -2.39. The predicted molar refractivity (Wildman–Crippen MR) is 154 cm³/mol. The highest BCUT2D eigenvalue weighted by Crippen LogP contribution is 2.39. The lowest BCUT2D eigenvalue weighted by atomic mass is 9.85. The standard InChI is InChI=1S/C29H32BrN5O2/c1-16(2)12-24(36)34-28-27-26-19(8-10-31-22(26)9-11-32-27)25(29(28)37)21(15-35(3,4)5)20-14-33-23-13-17(30)6-7-18(20)23/h6-11,13-14,16,21,33H,12,15H2,1-5H3,(H2-,31,32,34,36,37). The van der Waals surface area contributed by atoms with Crippen LogP contribution in [-0.4, -0.2) is 53.0 Å². The van der Waals surface area contributed by atoms with Gasteiger partial charge in [0.1, 0.15) is 5.69 Å². The van der Waals surface area contributed by atoms with Crippen LogP contribution in [0.15, 0.2) is 63.2 Å². The van der Waals surface area contributed by atoms with E-state index in [9.17, 15) is 9.90 Å². The number of halogens is 1. The molecule has 1 atom stereocenters. The van der Waals surface area contributed by atoms with Gasteiger partial charge in [-0.3, -0.25) is 9.79 Å². The van der Waals surface area contributed by atoms with Crippen LogP contribution in [0.3, 0.4) is 0 Å². The highest BCUT2D eigenvalue weighted by atomic mass is 79.9. The molecule has 0 amide bonds. The van der Waals surface area contributed by atoms with Gasteiger partial charge in [0.2, 0.25) is 5.43 Å². The number of aliphatic imine (C=N–C) groups is 1. The van der Waals surface area contributed by atoms with Gasteiger partial charge in [-0.05, 0) is 53.5 Å². The zero-order valence-electron chi connectivity index (χ0n) is 21.8. The second-order valence-corrected chi connectivity index (χ2v) is 12.1. The van der Waals surface area contributed by atoms with Crippen molar-refractivity contribution < 1.29 is 9.59 Å². The first kappa shape index (κ1) is 25.3. The first-order valence-corrected chi connectivity index (χ1v) is 13.3. The van der Waals surface area contributed by atoms with Crippen LogP contribution in [0.1, 0.15) is 37.3 Å². The Bertz CT molecular complexity index is 1700. The average molecular weight is 563 g/mol. The van der Waals surface area contributed by atoms with Crippen LogP contribution in [-0.2, 0) is 0 Å². The summed E-state index contributed by atoms with van der Waals surface area (Å²) >= 11 is 3.56. The van der Waals surface area contributed by atoms with Crippen LogP contribution >= 0.6 is 15.9 Å². The molecule has 7 nitrogen and oxygen atoms in total. The molecular formula is C29H32BrN5O2. The fourth-order valence-corrected chi connectivity index (χ4v) is 5.61. The number of hydrogen-bond donors (Lipinski definition) is 3. The second-order valence-electron chi connectivity index (χ2n) is 11.2. The van der Waals surface area contributed by atoms with Gasteiger partial charge >= 0.3 is 0 Å². The summed E-state index contributed by atoms with van der Waals surface area (Å²) < 4.78 is 1.64. The van der Waals surface area contributed by atoms with Gasteiger partial charge in [-0.25, -0.2) is 0 Å². The maximum absolute atomic E-state index is 14.4. The smallest absolute Gasteiger partial charge is 0.210 e. The number of benzene rings is 2. The van der Waals surface area contributed by atoms with E-state index in [0.29, 0.717) is 22.1 Å². The lowest BCUT2D eigenvalue weighted by molar-refractivity contribution is -0.871. The van der Waals surface area contributed by atoms with Gasteiger partial charge in [0.25, 0.3) is 0 Å². The lowest BCUT2D eigenvalue weighted by Gasteiger charge is -2.30. The molecule has 0 aliphatic carbocycles. The molecule has 3 N–H and O–H groups in total. The molecule has 3 heterocycles. The molecule has 0 aliphatic heterocycles. The summed E-state index contributed by atoms with van der Waals surface area (Å²) in [6.45, 7) is 4.63. The number of rotatable bonds is 7. The zero-order valence-corrected chi connectivity index (χ0v) is 23.4. The van der Waals surface area contributed by atoms with E-state index in [1.807, 2.05) is 50.5 Å². The van der Waals surface area contributed by atoms with Gasteiger partial charge in [0.05, 0.1) is 39.1 Å². The van der Waals surface area contributed by atoms with Crippen molar-refractivity contribution in [3.05, 3.63) is 74.7 Å². The van der Waals surface area contributed by atoms with E-state index in [1.54, 1.807) is 6.20 Å². The number of pyridine rings is 2. The van der Waals surface area contributed by atoms with E-state index in [2.05, 4.69) is 63.1 Å². The number of hydrogen-bond acceptors (Lipinski definition) is 3. The molecule has 2 aromatic carbocycles. The average Bonchev–Trinajstić information content (AvgIpc) is 3.22. The third-order valence-corrected chi connectivity index (χ3v) is 7.18. The van der Waals surface area contributed by atoms with Crippen molar-refractivity contribution in [1.29, 1.82) is 0 Å². The number of nitrogens with one attached hydrogen (secondary N) is 3. The third kappa shape index (κ3) is 4.83. The molecule has 0 saturated heterocycles. The summed E-state index contributed by atoms with van der Waals surface area (Å²) in [5.41, 5.74) is 4.17. The third-order valence-electron chi connectivity index (χ3n) is 6.69. The van der Waals surface area contributed by atoms with Crippen LogP contribution in [0.4, 0.5) is 5.69 Å². The minimum absolute atomic E-state index is 0.149. The SMILES string of the molecule is CC(C)CC([O-])=Nc1c(=O)c(C(C[N+](C)(C)C)c2c[nH]c3cc(Br)ccc23)c2cc[nH]c3cc[nH]c1c32. The number of nitrogens with zero attached hydrogens (tertiary/aromatic N) is 2. The van der Waals surface area contributed by atoms with Crippen LogP contribution in [0.2, 0.25) is 0 Å². The summed E-state index contributed by atoms with van der Waals surface area (Å²) in [4.78, 5) is 28.7. The van der Waals surface area contributed by atoms with Gasteiger partial charge in [-0.15, -0.1) is 0 Å². The fourth-order valence-electron chi connectivity index (χ4n) is 5.25. The van der Waals surface area contributed by atoms with E-state index in [-0.39, 0.29) is 35.3 Å². The maximum atomic E-state index is 14.4. The molecular weight excluding hydrogens is 530 g/mol. The fraction of sp³-hybridized carbons (Fsp3) is 0.310. The Kier molecular flexibility index (Phi) is 6.50. The molecule has 1 unspecified atom stereocenters. The summed E-state index contributed by atoms with van der Waals surface area (Å²) in [6.07, 6.45) is 5.95. The van der Waals surface area contributed by atoms with Gasteiger partial charge in [-0.2, -0.15) is 0 Å². The Labute approximate surface area is 224 Å². The van der Waals surface area contributed by atoms with Gasteiger partial charge in [-0.1, -0.05) is 35.8 Å². The van der Waals surface area contributed by atoms with E-state index in [0.717, 1.165) is 37.2 Å². The molecule has 8 heteroatoms. The van der Waals surface area contributed by atoms with Crippen LogP contribution in [0.5, 0.6) is 0 Å². The first-order chi connectivity index (χ1) is 17.5. The van der Waals surface area contributed by atoms with Crippen molar-refractivity contribution in [2.45, 2.75) is 26.2 Å². The van der Waals surface area contributed by atoms with Crippen molar-refractivity contribution >= 4 is 60.2 Å². The molecule has 0 bridgehead atoms. The Morgan fingerprint density at radius 2 is 1.78 bits per heavy atom. The molecule has 0 radical (unpaired) electrons. The van der Waals surface area contributed by atoms with Gasteiger partial charge in [0.15, 0.2) is 0 Å². The Hall–Kier alpha value is -3.36. The van der Waals surface area contributed by atoms with Crippen LogP contribution in [0, 0.1) is 5.92 Å². The summed E-state index contributed by atoms with van der Waals surface area (Å²) in [6, 6.07) is 10.1. The van der Waals surface area contributed by atoms with Crippen molar-refractivity contribution in [1.82, 2.24) is 15.0 Å². The number of aromatic nitrogens is 3. The number of aromatic amines is 3. The molecule has 0 saturated carbocycles. The molecule has 192 valence electrons. The summed E-state index contributed by atoms with van der Waals surface area (Å²) in [5.74, 6) is -0.366. The van der Waals surface area contributed by atoms with Crippen molar-refractivity contribution in [3.63, 3.8) is 0 Å². The zero-order chi connectivity index (χ0) is 26.5. The first-order valence-electron chi connectivity index (χ1n) is 12.5. The number of likely N-dealkylation sites (N-methyl/N-ethyl adjacent to an activating group) is 1. The number of quaternary nitrogens is 1. The van der Waals surface area contributed by atoms with E-state index in [1.165, 1.54) is 0 Å². The quantitative estimate of drug-likeness (QED) is 0.138. The maximum Gasteiger partial charge on any atom is 0.210 e. The van der Waals surface area contributed by atoms with E-state index in [4.69, 9.17) is 0 Å². The highest BCUT2D eigenvalue weighted by molar-refractivity contribution is 9.10. The Balaban J connectivity index is 1.88. The normalized spacial score (nSPS) is 13.9.